The number of benzene rings is 1. The highest BCUT2D eigenvalue weighted by Gasteiger charge is 2.17. The summed E-state index contributed by atoms with van der Waals surface area (Å²) in [6.07, 6.45) is 1.51. The van der Waals surface area contributed by atoms with Gasteiger partial charge in [0.05, 0.1) is 11.9 Å². The van der Waals surface area contributed by atoms with Gasteiger partial charge in [0.2, 0.25) is 0 Å². The van der Waals surface area contributed by atoms with Gasteiger partial charge in [-0.1, -0.05) is 25.1 Å². The molecule has 0 radical (unpaired) electrons. The maximum absolute atomic E-state index is 14.1. The number of nitrogens with one attached hydrogen (secondary N) is 1. The summed E-state index contributed by atoms with van der Waals surface area (Å²) in [6.45, 7) is 7.03. The van der Waals surface area contributed by atoms with Crippen LogP contribution in [0.5, 0.6) is 0 Å². The number of rotatable bonds is 5. The van der Waals surface area contributed by atoms with Crippen LogP contribution < -0.4 is 5.32 Å². The minimum atomic E-state index is -0.649. The van der Waals surface area contributed by atoms with Crippen molar-refractivity contribution in [3.63, 3.8) is 0 Å². The van der Waals surface area contributed by atoms with Gasteiger partial charge in [-0.05, 0) is 31.0 Å². The van der Waals surface area contributed by atoms with E-state index in [1.807, 2.05) is 0 Å². The first-order valence-electron chi connectivity index (χ1n) is 6.56. The van der Waals surface area contributed by atoms with Crippen LogP contribution in [-0.4, -0.2) is 21.5 Å². The Morgan fingerprint density at radius 1 is 1.30 bits per heavy atom. The maximum Gasteiger partial charge on any atom is 0.154 e. The van der Waals surface area contributed by atoms with Gasteiger partial charge in [0.25, 0.3) is 0 Å². The Hall–Kier alpha value is -1.82. The van der Waals surface area contributed by atoms with Gasteiger partial charge in [-0.25, -0.2) is 13.5 Å². The normalized spacial score (nSPS) is 11.3. The SMILES string of the molecule is Cc1ccc(F)c(-n2nncc2CNCC(C)C)c1F. The van der Waals surface area contributed by atoms with E-state index in [0.717, 1.165) is 6.54 Å². The minimum absolute atomic E-state index is 0.177. The van der Waals surface area contributed by atoms with E-state index in [-0.39, 0.29) is 5.69 Å². The summed E-state index contributed by atoms with van der Waals surface area (Å²) < 4.78 is 29.2. The van der Waals surface area contributed by atoms with E-state index in [1.54, 1.807) is 6.92 Å². The first-order chi connectivity index (χ1) is 9.50. The lowest BCUT2D eigenvalue weighted by Crippen LogP contribution is -2.21. The van der Waals surface area contributed by atoms with Crippen molar-refractivity contribution in [2.45, 2.75) is 27.3 Å². The quantitative estimate of drug-likeness (QED) is 0.915. The monoisotopic (exact) mass is 280 g/mol. The lowest BCUT2D eigenvalue weighted by Gasteiger charge is -2.11. The second kappa shape index (κ2) is 6.09. The molecule has 2 rings (SSSR count). The number of halogens is 2. The second-order valence-corrected chi connectivity index (χ2v) is 5.19. The topological polar surface area (TPSA) is 42.7 Å². The van der Waals surface area contributed by atoms with E-state index >= 15 is 0 Å². The van der Waals surface area contributed by atoms with Gasteiger partial charge >= 0.3 is 0 Å². The molecule has 1 heterocycles. The third-order valence-electron chi connectivity index (χ3n) is 2.95. The second-order valence-electron chi connectivity index (χ2n) is 5.19. The average Bonchev–Trinajstić information content (AvgIpc) is 2.82. The molecule has 0 aliphatic carbocycles. The molecule has 0 unspecified atom stereocenters. The predicted molar refractivity (Wildman–Crippen MR) is 72.6 cm³/mol. The van der Waals surface area contributed by atoms with Crippen molar-refractivity contribution in [3.8, 4) is 5.69 Å². The lowest BCUT2D eigenvalue weighted by molar-refractivity contribution is 0.525. The van der Waals surface area contributed by atoms with Crippen LogP contribution in [0.3, 0.4) is 0 Å². The van der Waals surface area contributed by atoms with Gasteiger partial charge in [0.15, 0.2) is 11.6 Å². The summed E-state index contributed by atoms with van der Waals surface area (Å²) in [7, 11) is 0. The van der Waals surface area contributed by atoms with E-state index in [2.05, 4.69) is 29.5 Å². The van der Waals surface area contributed by atoms with Crippen LogP contribution in [0.25, 0.3) is 5.69 Å². The molecule has 0 bridgehead atoms. The molecule has 4 nitrogen and oxygen atoms in total. The number of hydrogen-bond donors (Lipinski definition) is 1. The zero-order valence-corrected chi connectivity index (χ0v) is 11.8. The fourth-order valence-electron chi connectivity index (χ4n) is 1.89. The van der Waals surface area contributed by atoms with Crippen molar-refractivity contribution < 1.29 is 8.78 Å². The van der Waals surface area contributed by atoms with Crippen molar-refractivity contribution in [2.24, 2.45) is 5.92 Å². The molecule has 0 atom stereocenters. The number of aryl methyl sites for hydroxylation is 1. The van der Waals surface area contributed by atoms with E-state index in [9.17, 15) is 8.78 Å². The zero-order valence-electron chi connectivity index (χ0n) is 11.8. The molecule has 6 heteroatoms. The van der Waals surface area contributed by atoms with Crippen LogP contribution in [-0.2, 0) is 6.54 Å². The molecule has 20 heavy (non-hydrogen) atoms. The number of nitrogens with zero attached hydrogens (tertiary/aromatic N) is 3. The predicted octanol–water partition coefficient (Wildman–Crippen LogP) is 2.60. The molecule has 0 aliphatic heterocycles. The van der Waals surface area contributed by atoms with Crippen LogP contribution >= 0.6 is 0 Å². The fourth-order valence-corrected chi connectivity index (χ4v) is 1.89. The summed E-state index contributed by atoms with van der Waals surface area (Å²) in [5.41, 5.74) is 0.816. The van der Waals surface area contributed by atoms with Gasteiger partial charge in [-0.3, -0.25) is 0 Å². The van der Waals surface area contributed by atoms with Gasteiger partial charge in [-0.15, -0.1) is 5.10 Å². The third kappa shape index (κ3) is 3.01. The highest BCUT2D eigenvalue weighted by molar-refractivity contribution is 5.39. The van der Waals surface area contributed by atoms with Crippen molar-refractivity contribution >= 4 is 0 Å². The Bertz CT molecular complexity index is 593. The lowest BCUT2D eigenvalue weighted by atomic mass is 10.2. The van der Waals surface area contributed by atoms with E-state index in [0.29, 0.717) is 23.7 Å². The minimum Gasteiger partial charge on any atom is -0.311 e. The van der Waals surface area contributed by atoms with Gasteiger partial charge in [0, 0.05) is 6.54 Å². The first-order valence-corrected chi connectivity index (χ1v) is 6.56. The molecular formula is C14H18F2N4. The molecular weight excluding hydrogens is 262 g/mol. The van der Waals surface area contributed by atoms with Gasteiger partial charge in [0.1, 0.15) is 5.69 Å². The van der Waals surface area contributed by atoms with Crippen LogP contribution in [0.15, 0.2) is 18.3 Å². The molecule has 108 valence electrons. The summed E-state index contributed by atoms with van der Waals surface area (Å²) in [4.78, 5) is 0. The van der Waals surface area contributed by atoms with Gasteiger partial charge < -0.3 is 5.32 Å². The van der Waals surface area contributed by atoms with Crippen LogP contribution in [0.2, 0.25) is 0 Å². The molecule has 0 spiro atoms. The summed E-state index contributed by atoms with van der Waals surface area (Å²) in [5, 5.41) is 10.7. The standard InChI is InChI=1S/C14H18F2N4/c1-9(2)6-17-7-11-8-18-19-20(11)14-12(15)5-4-10(3)13(14)16/h4-5,8-9,17H,6-7H2,1-3H3. The van der Waals surface area contributed by atoms with E-state index in [4.69, 9.17) is 0 Å². The zero-order chi connectivity index (χ0) is 14.7. The largest absolute Gasteiger partial charge is 0.311 e. The highest BCUT2D eigenvalue weighted by atomic mass is 19.1. The van der Waals surface area contributed by atoms with Crippen LogP contribution in [0, 0.1) is 24.5 Å². The van der Waals surface area contributed by atoms with Crippen LogP contribution in [0.1, 0.15) is 25.1 Å². The summed E-state index contributed by atoms with van der Waals surface area (Å²) in [6, 6.07) is 2.64. The maximum atomic E-state index is 14.1. The van der Waals surface area contributed by atoms with Crippen molar-refractivity contribution in [2.75, 3.05) is 6.54 Å². The molecule has 0 saturated carbocycles. The van der Waals surface area contributed by atoms with Crippen molar-refractivity contribution in [3.05, 3.63) is 41.2 Å². The Morgan fingerprint density at radius 2 is 2.05 bits per heavy atom. The number of aromatic nitrogens is 3. The molecule has 2 aromatic rings. The van der Waals surface area contributed by atoms with Crippen molar-refractivity contribution in [1.82, 2.24) is 20.3 Å². The smallest absolute Gasteiger partial charge is 0.154 e. The Labute approximate surface area is 116 Å². The van der Waals surface area contributed by atoms with E-state index in [1.165, 1.54) is 23.0 Å². The molecule has 0 amide bonds. The Kier molecular flexibility index (Phi) is 4.44. The molecule has 0 aliphatic rings. The molecule has 1 aromatic heterocycles. The average molecular weight is 280 g/mol. The van der Waals surface area contributed by atoms with Crippen molar-refractivity contribution in [1.29, 1.82) is 0 Å². The highest BCUT2D eigenvalue weighted by Crippen LogP contribution is 2.21. The molecule has 0 fully saturated rings. The molecule has 1 N–H and O–H groups in total. The molecule has 1 aromatic carbocycles. The summed E-state index contributed by atoms with van der Waals surface area (Å²) >= 11 is 0. The van der Waals surface area contributed by atoms with Crippen LogP contribution in [0.4, 0.5) is 8.78 Å². The van der Waals surface area contributed by atoms with E-state index < -0.39 is 11.6 Å². The summed E-state index contributed by atoms with van der Waals surface area (Å²) in [5.74, 6) is -0.768. The number of hydrogen-bond acceptors (Lipinski definition) is 3. The van der Waals surface area contributed by atoms with Gasteiger partial charge in [-0.2, -0.15) is 0 Å². The fraction of sp³-hybridized carbons (Fsp3) is 0.429. The Morgan fingerprint density at radius 3 is 2.75 bits per heavy atom. The Balaban J connectivity index is 2.30. The molecule has 0 saturated heterocycles. The third-order valence-corrected chi connectivity index (χ3v) is 2.95. The first kappa shape index (κ1) is 14.6.